The van der Waals surface area contributed by atoms with Gasteiger partial charge in [0, 0.05) is 12.6 Å². The van der Waals surface area contributed by atoms with Crippen molar-refractivity contribution in [2.45, 2.75) is 33.2 Å². The van der Waals surface area contributed by atoms with Crippen LogP contribution in [0.1, 0.15) is 34.7 Å². The fraction of sp³-hybridized carbons (Fsp3) is 0.500. The molecule has 0 amide bonds. The van der Waals surface area contributed by atoms with E-state index in [-0.39, 0.29) is 12.0 Å². The quantitative estimate of drug-likeness (QED) is 0.824. The highest BCUT2D eigenvalue weighted by molar-refractivity contribution is 5.70. The van der Waals surface area contributed by atoms with E-state index in [0.29, 0.717) is 13.0 Å². The number of nitrogens with one attached hydrogen (secondary N) is 1. The van der Waals surface area contributed by atoms with Gasteiger partial charge in [0.2, 0.25) is 0 Å². The lowest BCUT2D eigenvalue weighted by molar-refractivity contribution is -0.141. The fourth-order valence-electron chi connectivity index (χ4n) is 2.45. The number of aliphatic carboxylic acids is 1. The average molecular weight is 233 g/mol. The molecule has 2 N–H and O–H groups in total. The lowest BCUT2D eigenvalue weighted by Gasteiger charge is -2.14. The molecule has 0 bridgehead atoms. The van der Waals surface area contributed by atoms with E-state index in [4.69, 9.17) is 5.11 Å². The summed E-state index contributed by atoms with van der Waals surface area (Å²) >= 11 is 0. The molecule has 2 atom stereocenters. The van der Waals surface area contributed by atoms with E-state index < -0.39 is 5.97 Å². The molecule has 1 heterocycles. The SMILES string of the molecule is Cc1cc(C2CC(C(=O)O)CN2)cc(C)c1C. The maximum absolute atomic E-state index is 10.9. The number of rotatable bonds is 2. The van der Waals surface area contributed by atoms with E-state index in [1.165, 1.54) is 22.3 Å². The first kappa shape index (κ1) is 12.1. The Balaban J connectivity index is 2.22. The molecule has 0 aromatic heterocycles. The van der Waals surface area contributed by atoms with Crippen molar-refractivity contribution in [3.8, 4) is 0 Å². The van der Waals surface area contributed by atoms with Crippen LogP contribution in [0.15, 0.2) is 12.1 Å². The first-order valence-electron chi connectivity index (χ1n) is 6.03. The van der Waals surface area contributed by atoms with Gasteiger partial charge < -0.3 is 10.4 Å². The largest absolute Gasteiger partial charge is 0.481 e. The lowest BCUT2D eigenvalue weighted by atomic mass is 9.94. The summed E-state index contributed by atoms with van der Waals surface area (Å²) in [6, 6.07) is 4.53. The second-order valence-corrected chi connectivity index (χ2v) is 5.01. The number of hydrogen-bond donors (Lipinski definition) is 2. The molecular formula is C14H19NO2. The number of carboxylic acid groups (broad SMARTS) is 1. The highest BCUT2D eigenvalue weighted by Crippen LogP contribution is 2.29. The highest BCUT2D eigenvalue weighted by atomic mass is 16.4. The molecule has 1 aromatic rings. The minimum atomic E-state index is -0.694. The molecule has 0 saturated carbocycles. The molecule has 1 fully saturated rings. The molecule has 0 aliphatic carbocycles. The van der Waals surface area contributed by atoms with E-state index in [9.17, 15) is 4.79 Å². The van der Waals surface area contributed by atoms with Crippen molar-refractivity contribution in [3.63, 3.8) is 0 Å². The maximum atomic E-state index is 10.9. The zero-order chi connectivity index (χ0) is 12.6. The molecule has 17 heavy (non-hydrogen) atoms. The Morgan fingerprint density at radius 1 is 1.29 bits per heavy atom. The Morgan fingerprint density at radius 2 is 1.88 bits per heavy atom. The second-order valence-electron chi connectivity index (χ2n) is 5.01. The van der Waals surface area contributed by atoms with E-state index >= 15 is 0 Å². The first-order chi connectivity index (χ1) is 7.99. The van der Waals surface area contributed by atoms with E-state index in [1.54, 1.807) is 0 Å². The molecule has 1 aliphatic rings. The van der Waals surface area contributed by atoms with Gasteiger partial charge in [0.15, 0.2) is 0 Å². The van der Waals surface area contributed by atoms with Crippen molar-refractivity contribution in [2.75, 3.05) is 6.54 Å². The van der Waals surface area contributed by atoms with Gasteiger partial charge in [0.1, 0.15) is 0 Å². The zero-order valence-corrected chi connectivity index (χ0v) is 10.6. The number of carbonyl (C=O) groups is 1. The summed E-state index contributed by atoms with van der Waals surface area (Å²) < 4.78 is 0. The third-order valence-corrected chi connectivity index (χ3v) is 3.83. The average Bonchev–Trinajstić information content (AvgIpc) is 2.74. The van der Waals surface area contributed by atoms with Crippen LogP contribution in [0.25, 0.3) is 0 Å². The van der Waals surface area contributed by atoms with Crippen molar-refractivity contribution >= 4 is 5.97 Å². The summed E-state index contributed by atoms with van der Waals surface area (Å²) in [5.41, 5.74) is 5.09. The minimum Gasteiger partial charge on any atom is -0.481 e. The normalized spacial score (nSPS) is 23.9. The summed E-state index contributed by atoms with van der Waals surface area (Å²) in [6.45, 7) is 6.91. The molecule has 1 aromatic carbocycles. The molecule has 1 aliphatic heterocycles. The van der Waals surface area contributed by atoms with Gasteiger partial charge in [-0.25, -0.2) is 0 Å². The van der Waals surface area contributed by atoms with Gasteiger partial charge in [-0.15, -0.1) is 0 Å². The second kappa shape index (κ2) is 4.49. The predicted molar refractivity (Wildman–Crippen MR) is 67.1 cm³/mol. The van der Waals surface area contributed by atoms with Crippen LogP contribution in [-0.2, 0) is 4.79 Å². The zero-order valence-electron chi connectivity index (χ0n) is 10.6. The summed E-state index contributed by atoms with van der Waals surface area (Å²) in [6.07, 6.45) is 0.692. The van der Waals surface area contributed by atoms with Crippen molar-refractivity contribution < 1.29 is 9.90 Å². The maximum Gasteiger partial charge on any atom is 0.307 e. The molecule has 0 radical (unpaired) electrons. The summed E-state index contributed by atoms with van der Waals surface area (Å²) in [5, 5.41) is 12.3. The Kier molecular flexibility index (Phi) is 3.20. The molecule has 3 nitrogen and oxygen atoms in total. The minimum absolute atomic E-state index is 0.189. The van der Waals surface area contributed by atoms with E-state index in [0.717, 1.165) is 0 Å². The molecule has 1 saturated heterocycles. The van der Waals surface area contributed by atoms with Crippen molar-refractivity contribution in [1.82, 2.24) is 5.32 Å². The number of benzene rings is 1. The predicted octanol–water partition coefficient (Wildman–Crippen LogP) is 2.35. The van der Waals surface area contributed by atoms with Crippen LogP contribution in [0.3, 0.4) is 0 Å². The van der Waals surface area contributed by atoms with Crippen LogP contribution in [0.2, 0.25) is 0 Å². The lowest BCUT2D eigenvalue weighted by Crippen LogP contribution is -2.17. The Bertz CT molecular complexity index is 431. The van der Waals surface area contributed by atoms with Gasteiger partial charge in [-0.05, 0) is 49.4 Å². The highest BCUT2D eigenvalue weighted by Gasteiger charge is 2.30. The van der Waals surface area contributed by atoms with Crippen LogP contribution >= 0.6 is 0 Å². The van der Waals surface area contributed by atoms with Gasteiger partial charge in [-0.2, -0.15) is 0 Å². The summed E-state index contributed by atoms with van der Waals surface area (Å²) in [4.78, 5) is 10.9. The molecular weight excluding hydrogens is 214 g/mol. The third kappa shape index (κ3) is 2.34. The van der Waals surface area contributed by atoms with Crippen LogP contribution in [0, 0.1) is 26.7 Å². The number of carboxylic acids is 1. The monoisotopic (exact) mass is 233 g/mol. The van der Waals surface area contributed by atoms with Crippen molar-refractivity contribution in [2.24, 2.45) is 5.92 Å². The third-order valence-electron chi connectivity index (χ3n) is 3.83. The molecule has 92 valence electrons. The number of aryl methyl sites for hydroxylation is 2. The Labute approximate surface area is 102 Å². The fourth-order valence-corrected chi connectivity index (χ4v) is 2.45. The van der Waals surface area contributed by atoms with Crippen molar-refractivity contribution in [1.29, 1.82) is 0 Å². The molecule has 2 rings (SSSR count). The summed E-state index contributed by atoms with van der Waals surface area (Å²) in [7, 11) is 0. The Hall–Kier alpha value is -1.35. The summed E-state index contributed by atoms with van der Waals surface area (Å²) in [5.74, 6) is -0.942. The van der Waals surface area contributed by atoms with Crippen LogP contribution in [0.4, 0.5) is 0 Å². The van der Waals surface area contributed by atoms with E-state index in [1.807, 2.05) is 0 Å². The van der Waals surface area contributed by atoms with Gasteiger partial charge in [-0.1, -0.05) is 12.1 Å². The molecule has 0 spiro atoms. The van der Waals surface area contributed by atoms with Crippen LogP contribution in [0.5, 0.6) is 0 Å². The van der Waals surface area contributed by atoms with Crippen LogP contribution in [-0.4, -0.2) is 17.6 Å². The van der Waals surface area contributed by atoms with E-state index in [2.05, 4.69) is 38.2 Å². The topological polar surface area (TPSA) is 49.3 Å². The number of hydrogen-bond acceptors (Lipinski definition) is 2. The molecule has 2 unspecified atom stereocenters. The van der Waals surface area contributed by atoms with Crippen molar-refractivity contribution in [3.05, 3.63) is 34.4 Å². The molecule has 3 heteroatoms. The standard InChI is InChI=1S/C14H19NO2/c1-8-4-11(5-9(2)10(8)3)13-6-12(7-15-13)14(16)17/h4-5,12-13,15H,6-7H2,1-3H3,(H,16,17). The Morgan fingerprint density at radius 3 is 2.35 bits per heavy atom. The van der Waals surface area contributed by atoms with Gasteiger partial charge in [-0.3, -0.25) is 4.79 Å². The smallest absolute Gasteiger partial charge is 0.307 e. The first-order valence-corrected chi connectivity index (χ1v) is 6.03. The van der Waals surface area contributed by atoms with Gasteiger partial charge >= 0.3 is 5.97 Å². The van der Waals surface area contributed by atoms with Gasteiger partial charge in [0.25, 0.3) is 0 Å². The van der Waals surface area contributed by atoms with Crippen LogP contribution < -0.4 is 5.32 Å². The van der Waals surface area contributed by atoms with Gasteiger partial charge in [0.05, 0.1) is 5.92 Å².